The molecule has 136 valence electrons. The van der Waals surface area contributed by atoms with Crippen LogP contribution < -0.4 is 9.47 Å². The fourth-order valence-electron chi connectivity index (χ4n) is 3.16. The van der Waals surface area contributed by atoms with Gasteiger partial charge in [0.1, 0.15) is 11.5 Å². The third-order valence-electron chi connectivity index (χ3n) is 4.73. The van der Waals surface area contributed by atoms with E-state index in [4.69, 9.17) is 9.47 Å². The van der Waals surface area contributed by atoms with Gasteiger partial charge in [-0.25, -0.2) is 0 Å². The highest BCUT2D eigenvalue weighted by molar-refractivity contribution is 7.86. The van der Waals surface area contributed by atoms with Crippen LogP contribution in [0.15, 0.2) is 18.2 Å². The molecule has 1 saturated carbocycles. The van der Waals surface area contributed by atoms with Crippen molar-refractivity contribution < 1.29 is 17.9 Å². The first kappa shape index (κ1) is 19.0. The van der Waals surface area contributed by atoms with E-state index >= 15 is 0 Å². The quantitative estimate of drug-likeness (QED) is 0.754. The number of hydrogen-bond acceptors (Lipinski definition) is 4. The molecular formula is C17H28N2O4S. The predicted molar refractivity (Wildman–Crippen MR) is 94.6 cm³/mol. The topological polar surface area (TPSA) is 59.1 Å². The Morgan fingerprint density at radius 2 is 1.75 bits per heavy atom. The zero-order valence-corrected chi connectivity index (χ0v) is 15.8. The molecule has 0 aromatic heterocycles. The number of nitrogens with zero attached hydrogens (tertiary/aromatic N) is 2. The fraction of sp³-hybridized carbons (Fsp3) is 0.647. The standard InChI is InChI=1S/C17H28N2O4S/c1-18(13-14-10-11-16(22-3)12-17(14)23-4)24(20,21)19(2)15-8-6-5-7-9-15/h10-12,15H,5-9,13H2,1-4H3. The van der Waals surface area contributed by atoms with Gasteiger partial charge in [0, 0.05) is 38.3 Å². The Bertz CT molecular complexity index is 642. The highest BCUT2D eigenvalue weighted by atomic mass is 32.2. The van der Waals surface area contributed by atoms with Crippen molar-refractivity contribution in [2.24, 2.45) is 0 Å². The zero-order chi connectivity index (χ0) is 17.7. The fourth-order valence-corrected chi connectivity index (χ4v) is 4.49. The molecule has 0 amide bonds. The lowest BCUT2D eigenvalue weighted by molar-refractivity contribution is 0.267. The molecule has 0 heterocycles. The lowest BCUT2D eigenvalue weighted by atomic mass is 9.96. The summed E-state index contributed by atoms with van der Waals surface area (Å²) in [6, 6.07) is 5.51. The molecule has 0 bridgehead atoms. The molecule has 1 aromatic carbocycles. The van der Waals surface area contributed by atoms with Crippen molar-refractivity contribution >= 4 is 10.2 Å². The number of ether oxygens (including phenoxy) is 2. The Balaban J connectivity index is 2.14. The van der Waals surface area contributed by atoms with Gasteiger partial charge in [0.05, 0.1) is 14.2 Å². The van der Waals surface area contributed by atoms with E-state index in [-0.39, 0.29) is 12.6 Å². The third kappa shape index (κ3) is 4.20. The maximum absolute atomic E-state index is 12.8. The van der Waals surface area contributed by atoms with Crippen molar-refractivity contribution in [2.75, 3.05) is 28.3 Å². The van der Waals surface area contributed by atoms with Gasteiger partial charge >= 0.3 is 0 Å². The van der Waals surface area contributed by atoms with E-state index in [0.717, 1.165) is 31.2 Å². The molecule has 6 nitrogen and oxygen atoms in total. The van der Waals surface area contributed by atoms with Crippen LogP contribution in [0.5, 0.6) is 11.5 Å². The zero-order valence-electron chi connectivity index (χ0n) is 15.0. The second-order valence-electron chi connectivity index (χ2n) is 6.25. The van der Waals surface area contributed by atoms with Crippen molar-refractivity contribution in [1.29, 1.82) is 0 Å². The summed E-state index contributed by atoms with van der Waals surface area (Å²) in [6.45, 7) is 0.257. The van der Waals surface area contributed by atoms with Gasteiger partial charge in [-0.15, -0.1) is 0 Å². The van der Waals surface area contributed by atoms with E-state index < -0.39 is 10.2 Å². The number of methoxy groups -OCH3 is 2. The van der Waals surface area contributed by atoms with Crippen LogP contribution in [0.2, 0.25) is 0 Å². The average Bonchev–Trinajstić information content (AvgIpc) is 2.61. The molecule has 0 saturated heterocycles. The summed E-state index contributed by atoms with van der Waals surface area (Å²) in [5.74, 6) is 1.30. The van der Waals surface area contributed by atoms with E-state index in [0.29, 0.717) is 11.5 Å². The van der Waals surface area contributed by atoms with Crippen LogP contribution in [0.1, 0.15) is 37.7 Å². The predicted octanol–water partition coefficient (Wildman–Crippen LogP) is 2.64. The first-order chi connectivity index (χ1) is 11.4. The monoisotopic (exact) mass is 356 g/mol. The summed E-state index contributed by atoms with van der Waals surface area (Å²) in [5, 5.41) is 0. The summed E-state index contributed by atoms with van der Waals surface area (Å²) in [4.78, 5) is 0. The van der Waals surface area contributed by atoms with Crippen LogP contribution >= 0.6 is 0 Å². The first-order valence-corrected chi connectivity index (χ1v) is 9.70. The van der Waals surface area contributed by atoms with Crippen LogP contribution in [0.4, 0.5) is 0 Å². The molecule has 2 rings (SSSR count). The smallest absolute Gasteiger partial charge is 0.282 e. The molecule has 7 heteroatoms. The number of rotatable bonds is 7. The molecule has 0 aliphatic heterocycles. The second kappa shape index (κ2) is 8.18. The van der Waals surface area contributed by atoms with Crippen LogP contribution in [0.3, 0.4) is 0 Å². The normalized spacial score (nSPS) is 16.6. The molecular weight excluding hydrogens is 328 g/mol. The maximum atomic E-state index is 12.8. The van der Waals surface area contributed by atoms with Crippen molar-refractivity contribution in [2.45, 2.75) is 44.7 Å². The molecule has 24 heavy (non-hydrogen) atoms. The van der Waals surface area contributed by atoms with Gasteiger partial charge in [0.2, 0.25) is 0 Å². The molecule has 0 radical (unpaired) electrons. The largest absolute Gasteiger partial charge is 0.497 e. The molecule has 1 fully saturated rings. The Labute approximate surface area is 145 Å². The minimum Gasteiger partial charge on any atom is -0.497 e. The Morgan fingerprint density at radius 1 is 1.08 bits per heavy atom. The van der Waals surface area contributed by atoms with Crippen molar-refractivity contribution in [1.82, 2.24) is 8.61 Å². The van der Waals surface area contributed by atoms with Gasteiger partial charge in [0.25, 0.3) is 10.2 Å². The van der Waals surface area contributed by atoms with Crippen LogP contribution in [0.25, 0.3) is 0 Å². The summed E-state index contributed by atoms with van der Waals surface area (Å²) >= 11 is 0. The van der Waals surface area contributed by atoms with E-state index in [2.05, 4.69) is 0 Å². The highest BCUT2D eigenvalue weighted by Crippen LogP contribution is 2.28. The summed E-state index contributed by atoms with van der Waals surface area (Å²) in [5.41, 5.74) is 0.807. The van der Waals surface area contributed by atoms with Gasteiger partial charge in [-0.3, -0.25) is 0 Å². The molecule has 0 spiro atoms. The average molecular weight is 356 g/mol. The molecule has 0 N–H and O–H groups in total. The van der Waals surface area contributed by atoms with E-state index in [1.807, 2.05) is 12.1 Å². The van der Waals surface area contributed by atoms with Gasteiger partial charge in [-0.05, 0) is 18.9 Å². The highest BCUT2D eigenvalue weighted by Gasteiger charge is 2.31. The van der Waals surface area contributed by atoms with E-state index in [1.165, 1.54) is 15.0 Å². The molecule has 1 aliphatic rings. The number of hydrogen-bond donors (Lipinski definition) is 0. The second-order valence-corrected chi connectivity index (χ2v) is 8.34. The van der Waals surface area contributed by atoms with Crippen molar-refractivity contribution in [3.05, 3.63) is 23.8 Å². The van der Waals surface area contributed by atoms with E-state index in [1.54, 1.807) is 34.4 Å². The van der Waals surface area contributed by atoms with Gasteiger partial charge < -0.3 is 9.47 Å². The van der Waals surface area contributed by atoms with Gasteiger partial charge in [-0.1, -0.05) is 25.3 Å². The van der Waals surface area contributed by atoms with Gasteiger partial charge in [0.15, 0.2) is 0 Å². The van der Waals surface area contributed by atoms with Crippen molar-refractivity contribution in [3.8, 4) is 11.5 Å². The summed E-state index contributed by atoms with van der Waals surface area (Å²) in [7, 11) is 2.96. The van der Waals surface area contributed by atoms with Crippen LogP contribution in [-0.4, -0.2) is 51.4 Å². The Kier molecular flexibility index (Phi) is 6.48. The first-order valence-electron chi connectivity index (χ1n) is 8.30. The molecule has 1 aliphatic carbocycles. The third-order valence-corrected chi connectivity index (χ3v) is 6.68. The lowest BCUT2D eigenvalue weighted by Crippen LogP contribution is -2.45. The lowest BCUT2D eigenvalue weighted by Gasteiger charge is -2.33. The van der Waals surface area contributed by atoms with Crippen LogP contribution in [0, 0.1) is 0 Å². The Hall–Kier alpha value is -1.31. The summed E-state index contributed by atoms with van der Waals surface area (Å²) in [6.07, 6.45) is 5.27. The minimum absolute atomic E-state index is 0.101. The SMILES string of the molecule is COc1ccc(CN(C)S(=O)(=O)N(C)C2CCCCC2)c(OC)c1. The molecule has 0 atom stereocenters. The minimum atomic E-state index is -3.50. The van der Waals surface area contributed by atoms with Gasteiger partial charge in [-0.2, -0.15) is 17.0 Å². The van der Waals surface area contributed by atoms with Crippen LogP contribution in [-0.2, 0) is 16.8 Å². The van der Waals surface area contributed by atoms with Crippen molar-refractivity contribution in [3.63, 3.8) is 0 Å². The van der Waals surface area contributed by atoms with E-state index in [9.17, 15) is 8.42 Å². The molecule has 1 aromatic rings. The Morgan fingerprint density at radius 3 is 2.33 bits per heavy atom. The maximum Gasteiger partial charge on any atom is 0.282 e. The number of benzene rings is 1. The molecule has 0 unspecified atom stereocenters. The summed E-state index contributed by atoms with van der Waals surface area (Å²) < 4.78 is 39.1.